The standard InChI is InChI=1S/C28H43NO11/c1-9-17(3)37-26(32)39-22-12-11-20(14-23(22)40-27(33)38-18(4)10-2)13-21(29)24(30)36-19(5)15-34-25(31)35-16-28(6,7)8/h11-12,14,17-19,21H,9-10,13,15-16,29H2,1-8H3/t17-,18?,19?,21-/m0/s1. The molecule has 40 heavy (non-hydrogen) atoms. The lowest BCUT2D eigenvalue weighted by atomic mass is 9.99. The largest absolute Gasteiger partial charge is 0.514 e. The fourth-order valence-electron chi connectivity index (χ4n) is 2.73. The summed E-state index contributed by atoms with van der Waals surface area (Å²) in [6.07, 6.45) is -3.24. The van der Waals surface area contributed by atoms with Gasteiger partial charge in [-0.25, -0.2) is 14.4 Å². The lowest BCUT2D eigenvalue weighted by Crippen LogP contribution is -2.37. The lowest BCUT2D eigenvalue weighted by molar-refractivity contribution is -0.152. The van der Waals surface area contributed by atoms with Crippen LogP contribution in [0.2, 0.25) is 0 Å². The van der Waals surface area contributed by atoms with E-state index in [-0.39, 0.29) is 42.7 Å². The predicted molar refractivity (Wildman–Crippen MR) is 144 cm³/mol. The molecule has 0 aliphatic rings. The highest BCUT2D eigenvalue weighted by molar-refractivity contribution is 5.76. The molecule has 12 nitrogen and oxygen atoms in total. The summed E-state index contributed by atoms with van der Waals surface area (Å²) in [7, 11) is 0. The molecule has 0 aromatic heterocycles. The van der Waals surface area contributed by atoms with Crippen molar-refractivity contribution in [3.05, 3.63) is 23.8 Å². The minimum Gasteiger partial charge on any atom is -0.458 e. The average molecular weight is 570 g/mol. The van der Waals surface area contributed by atoms with Crippen LogP contribution in [-0.2, 0) is 34.9 Å². The van der Waals surface area contributed by atoms with Gasteiger partial charge in [0.05, 0.1) is 6.61 Å². The van der Waals surface area contributed by atoms with Crippen molar-refractivity contribution >= 4 is 24.4 Å². The van der Waals surface area contributed by atoms with Gasteiger partial charge in [-0.1, -0.05) is 40.7 Å². The number of rotatable bonds is 13. The molecule has 0 aliphatic carbocycles. The average Bonchev–Trinajstić information content (AvgIpc) is 2.86. The van der Waals surface area contributed by atoms with Crippen LogP contribution >= 0.6 is 0 Å². The summed E-state index contributed by atoms with van der Waals surface area (Å²) in [5, 5.41) is 0. The van der Waals surface area contributed by atoms with Crippen LogP contribution in [0, 0.1) is 5.41 Å². The number of carbonyl (C=O) groups excluding carboxylic acids is 4. The number of esters is 1. The minimum atomic E-state index is -1.10. The van der Waals surface area contributed by atoms with Crippen LogP contribution in [0.25, 0.3) is 0 Å². The van der Waals surface area contributed by atoms with Crippen LogP contribution in [-0.4, -0.2) is 62.0 Å². The highest BCUT2D eigenvalue weighted by Gasteiger charge is 2.23. The summed E-state index contributed by atoms with van der Waals surface area (Å²) in [6.45, 7) is 14.3. The van der Waals surface area contributed by atoms with E-state index in [1.54, 1.807) is 26.8 Å². The van der Waals surface area contributed by atoms with E-state index in [1.807, 2.05) is 34.6 Å². The molecule has 0 saturated heterocycles. The topological polar surface area (TPSA) is 159 Å². The summed E-state index contributed by atoms with van der Waals surface area (Å²) >= 11 is 0. The zero-order valence-corrected chi connectivity index (χ0v) is 24.6. The van der Waals surface area contributed by atoms with Crippen molar-refractivity contribution in [2.75, 3.05) is 13.2 Å². The maximum Gasteiger partial charge on any atom is 0.514 e. The van der Waals surface area contributed by atoms with Crippen molar-refractivity contribution in [2.24, 2.45) is 11.1 Å². The van der Waals surface area contributed by atoms with Crippen molar-refractivity contribution in [1.82, 2.24) is 0 Å². The van der Waals surface area contributed by atoms with Crippen LogP contribution in [0.15, 0.2) is 18.2 Å². The van der Waals surface area contributed by atoms with Crippen LogP contribution in [0.3, 0.4) is 0 Å². The van der Waals surface area contributed by atoms with Crippen LogP contribution in [0.4, 0.5) is 14.4 Å². The summed E-state index contributed by atoms with van der Waals surface area (Å²) in [5.74, 6) is -0.948. The number of carbonyl (C=O) groups is 4. The molecule has 0 radical (unpaired) electrons. The Balaban J connectivity index is 2.85. The highest BCUT2D eigenvalue weighted by Crippen LogP contribution is 2.30. The zero-order chi connectivity index (χ0) is 30.5. The highest BCUT2D eigenvalue weighted by atomic mass is 16.8. The summed E-state index contributed by atoms with van der Waals surface area (Å²) in [5.41, 5.74) is 6.29. The van der Waals surface area contributed by atoms with E-state index >= 15 is 0 Å². The van der Waals surface area contributed by atoms with E-state index in [2.05, 4.69) is 0 Å². The van der Waals surface area contributed by atoms with Crippen molar-refractivity contribution < 1.29 is 52.3 Å². The number of hydrogen-bond acceptors (Lipinski definition) is 12. The molecule has 0 aliphatic heterocycles. The van der Waals surface area contributed by atoms with Crippen LogP contribution < -0.4 is 15.2 Å². The molecule has 0 saturated carbocycles. The lowest BCUT2D eigenvalue weighted by Gasteiger charge is -2.19. The van der Waals surface area contributed by atoms with E-state index in [0.29, 0.717) is 18.4 Å². The molecule has 1 aromatic rings. The Morgan fingerprint density at radius 3 is 1.85 bits per heavy atom. The number of benzene rings is 1. The Morgan fingerprint density at radius 1 is 0.775 bits per heavy atom. The molecule has 0 spiro atoms. The summed E-state index contributed by atoms with van der Waals surface area (Å²) < 4.78 is 36.0. The molecule has 226 valence electrons. The smallest absolute Gasteiger partial charge is 0.458 e. The Hall–Kier alpha value is -3.54. The first-order valence-electron chi connectivity index (χ1n) is 13.3. The number of hydrogen-bond donors (Lipinski definition) is 1. The molecular weight excluding hydrogens is 526 g/mol. The Morgan fingerprint density at radius 2 is 1.32 bits per heavy atom. The third-order valence-electron chi connectivity index (χ3n) is 5.27. The fraction of sp³-hybridized carbons (Fsp3) is 0.643. The van der Waals surface area contributed by atoms with Gasteiger partial charge in [0.2, 0.25) is 0 Å². The molecule has 2 unspecified atom stereocenters. The van der Waals surface area contributed by atoms with Gasteiger partial charge in [-0.05, 0) is 63.1 Å². The van der Waals surface area contributed by atoms with Gasteiger partial charge in [-0.3, -0.25) is 4.79 Å². The molecule has 0 amide bonds. The van der Waals surface area contributed by atoms with Gasteiger partial charge in [-0.15, -0.1) is 0 Å². The van der Waals surface area contributed by atoms with Gasteiger partial charge in [0, 0.05) is 0 Å². The predicted octanol–water partition coefficient (Wildman–Crippen LogP) is 5.32. The first kappa shape index (κ1) is 34.5. The third-order valence-corrected chi connectivity index (χ3v) is 5.27. The van der Waals surface area contributed by atoms with Gasteiger partial charge in [0.25, 0.3) is 0 Å². The van der Waals surface area contributed by atoms with E-state index in [9.17, 15) is 19.2 Å². The monoisotopic (exact) mass is 569 g/mol. The Kier molecular flexibility index (Phi) is 14.3. The third kappa shape index (κ3) is 14.0. The molecule has 12 heteroatoms. The van der Waals surface area contributed by atoms with Gasteiger partial charge in [-0.2, -0.15) is 0 Å². The Labute approximate surface area is 235 Å². The van der Waals surface area contributed by atoms with Gasteiger partial charge in [0.1, 0.15) is 31.0 Å². The number of nitrogens with two attached hydrogens (primary N) is 1. The molecular formula is C28H43NO11. The van der Waals surface area contributed by atoms with Crippen molar-refractivity contribution in [1.29, 1.82) is 0 Å². The molecule has 0 bridgehead atoms. The molecule has 1 aromatic carbocycles. The van der Waals surface area contributed by atoms with Crippen molar-refractivity contribution in [3.63, 3.8) is 0 Å². The molecule has 2 N–H and O–H groups in total. The van der Waals surface area contributed by atoms with Crippen molar-refractivity contribution in [2.45, 2.75) is 99.0 Å². The molecule has 0 fully saturated rings. The second-order valence-electron chi connectivity index (χ2n) is 10.6. The first-order chi connectivity index (χ1) is 18.6. The summed E-state index contributed by atoms with van der Waals surface area (Å²) in [4.78, 5) is 48.6. The quantitative estimate of drug-likeness (QED) is 0.185. The molecule has 0 heterocycles. The zero-order valence-electron chi connectivity index (χ0n) is 24.6. The van der Waals surface area contributed by atoms with Gasteiger partial charge >= 0.3 is 24.4 Å². The normalized spacial score (nSPS) is 14.1. The number of ether oxygens (including phenoxy) is 7. The van der Waals surface area contributed by atoms with E-state index < -0.39 is 42.7 Å². The first-order valence-corrected chi connectivity index (χ1v) is 13.3. The van der Waals surface area contributed by atoms with Crippen LogP contribution in [0.5, 0.6) is 11.5 Å². The molecule has 4 atom stereocenters. The maximum atomic E-state index is 12.5. The van der Waals surface area contributed by atoms with E-state index in [4.69, 9.17) is 38.9 Å². The Bertz CT molecular complexity index is 989. The van der Waals surface area contributed by atoms with Crippen LogP contribution in [0.1, 0.15) is 73.8 Å². The van der Waals surface area contributed by atoms with E-state index in [0.717, 1.165) is 0 Å². The minimum absolute atomic E-state index is 0.00556. The second kappa shape index (κ2) is 16.5. The maximum absolute atomic E-state index is 12.5. The van der Waals surface area contributed by atoms with Gasteiger partial charge in [0.15, 0.2) is 11.5 Å². The SMILES string of the molecule is CCC(C)OC(=O)Oc1cc(C[C@H](N)C(=O)OC(C)COC(=O)OCC(C)(C)C)ccc1OC(=O)O[C@@H](C)CC. The van der Waals surface area contributed by atoms with Gasteiger partial charge < -0.3 is 38.9 Å². The van der Waals surface area contributed by atoms with E-state index in [1.165, 1.54) is 12.1 Å². The fourth-order valence-corrected chi connectivity index (χ4v) is 2.73. The second-order valence-corrected chi connectivity index (χ2v) is 10.6. The van der Waals surface area contributed by atoms with Crippen molar-refractivity contribution in [3.8, 4) is 11.5 Å². The molecule has 1 rings (SSSR count). The summed E-state index contributed by atoms with van der Waals surface area (Å²) in [6, 6.07) is 3.23.